The molecule has 0 bridgehead atoms. The lowest BCUT2D eigenvalue weighted by Crippen LogP contribution is -2.36. The summed E-state index contributed by atoms with van der Waals surface area (Å²) in [6, 6.07) is 11.3. The first kappa shape index (κ1) is 16.8. The number of methoxy groups -OCH3 is 2. The SMILES string of the molecule is CNC(Cc1ccc(F)cc1)C1Cc2cc(OC)c(OC)cc2C1. The van der Waals surface area contributed by atoms with Crippen molar-refractivity contribution < 1.29 is 13.9 Å². The summed E-state index contributed by atoms with van der Waals surface area (Å²) in [7, 11) is 5.33. The van der Waals surface area contributed by atoms with Gasteiger partial charge in [-0.05, 0) is 73.2 Å². The van der Waals surface area contributed by atoms with Crippen molar-refractivity contribution in [2.45, 2.75) is 25.3 Å². The Kier molecular flexibility index (Phi) is 5.05. The topological polar surface area (TPSA) is 30.5 Å². The lowest BCUT2D eigenvalue weighted by atomic mass is 9.91. The molecule has 1 atom stereocenters. The second kappa shape index (κ2) is 7.22. The second-order valence-corrected chi connectivity index (χ2v) is 6.37. The van der Waals surface area contributed by atoms with Gasteiger partial charge in [0.2, 0.25) is 0 Å². The maximum Gasteiger partial charge on any atom is 0.161 e. The molecule has 0 heterocycles. The number of hydrogen-bond donors (Lipinski definition) is 1. The van der Waals surface area contributed by atoms with E-state index in [9.17, 15) is 4.39 Å². The molecule has 0 aromatic heterocycles. The monoisotopic (exact) mass is 329 g/mol. The zero-order valence-electron chi connectivity index (χ0n) is 14.4. The minimum Gasteiger partial charge on any atom is -0.493 e. The molecule has 0 spiro atoms. The minimum atomic E-state index is -0.188. The molecule has 1 aliphatic rings. The van der Waals surface area contributed by atoms with E-state index in [2.05, 4.69) is 17.4 Å². The van der Waals surface area contributed by atoms with E-state index < -0.39 is 0 Å². The molecule has 24 heavy (non-hydrogen) atoms. The summed E-state index contributed by atoms with van der Waals surface area (Å²) in [5.74, 6) is 1.90. The average Bonchev–Trinajstić information content (AvgIpc) is 3.02. The highest BCUT2D eigenvalue weighted by Gasteiger charge is 2.29. The largest absolute Gasteiger partial charge is 0.493 e. The molecule has 2 aromatic rings. The van der Waals surface area contributed by atoms with Gasteiger partial charge < -0.3 is 14.8 Å². The first-order chi connectivity index (χ1) is 11.6. The van der Waals surface area contributed by atoms with Crippen LogP contribution < -0.4 is 14.8 Å². The predicted octanol–water partition coefficient (Wildman–Crippen LogP) is 3.39. The summed E-state index contributed by atoms with van der Waals surface area (Å²) < 4.78 is 23.9. The molecule has 0 fully saturated rings. The van der Waals surface area contributed by atoms with Crippen LogP contribution >= 0.6 is 0 Å². The van der Waals surface area contributed by atoms with Crippen LogP contribution in [0.2, 0.25) is 0 Å². The molecule has 0 saturated heterocycles. The van der Waals surface area contributed by atoms with Gasteiger partial charge in [-0.15, -0.1) is 0 Å². The molecule has 3 rings (SSSR count). The summed E-state index contributed by atoms with van der Waals surface area (Å²) >= 11 is 0. The van der Waals surface area contributed by atoms with Crippen molar-refractivity contribution in [3.8, 4) is 11.5 Å². The molecule has 0 saturated carbocycles. The fourth-order valence-electron chi connectivity index (χ4n) is 3.64. The molecule has 2 aromatic carbocycles. The molecule has 0 radical (unpaired) electrons. The Labute approximate surface area is 142 Å². The van der Waals surface area contributed by atoms with Crippen LogP contribution in [0.3, 0.4) is 0 Å². The Balaban J connectivity index is 1.76. The van der Waals surface area contributed by atoms with Crippen LogP contribution in [0.15, 0.2) is 36.4 Å². The number of rotatable bonds is 6. The lowest BCUT2D eigenvalue weighted by molar-refractivity contribution is 0.354. The normalized spacial score (nSPS) is 15.2. The molecule has 4 heteroatoms. The van der Waals surface area contributed by atoms with E-state index in [0.717, 1.165) is 36.3 Å². The summed E-state index contributed by atoms with van der Waals surface area (Å²) in [6.45, 7) is 0. The van der Waals surface area contributed by atoms with Crippen LogP contribution in [0.4, 0.5) is 4.39 Å². The van der Waals surface area contributed by atoms with E-state index >= 15 is 0 Å². The third-order valence-electron chi connectivity index (χ3n) is 4.98. The number of halogens is 1. The number of nitrogens with one attached hydrogen (secondary N) is 1. The van der Waals surface area contributed by atoms with Gasteiger partial charge in [-0.2, -0.15) is 0 Å². The zero-order valence-corrected chi connectivity index (χ0v) is 14.4. The summed E-state index contributed by atoms with van der Waals surface area (Å²) in [6.07, 6.45) is 2.93. The fourth-order valence-corrected chi connectivity index (χ4v) is 3.64. The van der Waals surface area contributed by atoms with Crippen molar-refractivity contribution in [1.29, 1.82) is 0 Å². The van der Waals surface area contributed by atoms with Crippen LogP contribution in [0.1, 0.15) is 16.7 Å². The van der Waals surface area contributed by atoms with Crippen LogP contribution in [0.25, 0.3) is 0 Å². The summed E-state index contributed by atoms with van der Waals surface area (Å²) in [4.78, 5) is 0. The molecule has 128 valence electrons. The summed E-state index contributed by atoms with van der Waals surface area (Å²) in [5.41, 5.74) is 3.82. The van der Waals surface area contributed by atoms with Gasteiger partial charge >= 0.3 is 0 Å². The molecule has 1 N–H and O–H groups in total. The van der Waals surface area contributed by atoms with E-state index in [0.29, 0.717) is 12.0 Å². The summed E-state index contributed by atoms with van der Waals surface area (Å²) in [5, 5.41) is 3.44. The fraction of sp³-hybridized carbons (Fsp3) is 0.400. The Morgan fingerprint density at radius 3 is 2.04 bits per heavy atom. The molecular weight excluding hydrogens is 305 g/mol. The van der Waals surface area contributed by atoms with Crippen molar-refractivity contribution in [1.82, 2.24) is 5.32 Å². The van der Waals surface area contributed by atoms with Crippen LogP contribution in [-0.2, 0) is 19.3 Å². The van der Waals surface area contributed by atoms with E-state index in [1.165, 1.54) is 23.3 Å². The highest BCUT2D eigenvalue weighted by Crippen LogP contribution is 2.38. The van der Waals surface area contributed by atoms with E-state index in [-0.39, 0.29) is 5.82 Å². The van der Waals surface area contributed by atoms with Crippen molar-refractivity contribution in [3.63, 3.8) is 0 Å². The van der Waals surface area contributed by atoms with Crippen molar-refractivity contribution in [3.05, 3.63) is 58.9 Å². The van der Waals surface area contributed by atoms with Crippen molar-refractivity contribution in [2.24, 2.45) is 5.92 Å². The van der Waals surface area contributed by atoms with E-state index in [1.54, 1.807) is 14.2 Å². The maximum absolute atomic E-state index is 13.1. The Morgan fingerprint density at radius 2 is 1.58 bits per heavy atom. The smallest absolute Gasteiger partial charge is 0.161 e. The van der Waals surface area contributed by atoms with Gasteiger partial charge in [0.15, 0.2) is 11.5 Å². The number of fused-ring (bicyclic) bond motifs is 1. The maximum atomic E-state index is 13.1. The highest BCUT2D eigenvalue weighted by atomic mass is 19.1. The third-order valence-corrected chi connectivity index (χ3v) is 4.98. The van der Waals surface area contributed by atoms with Crippen LogP contribution in [0.5, 0.6) is 11.5 Å². The number of ether oxygens (including phenoxy) is 2. The van der Waals surface area contributed by atoms with Crippen molar-refractivity contribution in [2.75, 3.05) is 21.3 Å². The Morgan fingerprint density at radius 1 is 1.04 bits per heavy atom. The molecule has 1 unspecified atom stereocenters. The number of hydrogen-bond acceptors (Lipinski definition) is 3. The molecular formula is C20H24FNO2. The van der Waals surface area contributed by atoms with Gasteiger partial charge in [0.1, 0.15) is 5.82 Å². The third kappa shape index (κ3) is 3.39. The van der Waals surface area contributed by atoms with Crippen LogP contribution in [-0.4, -0.2) is 27.3 Å². The van der Waals surface area contributed by atoms with Crippen LogP contribution in [0, 0.1) is 11.7 Å². The Bertz CT molecular complexity index is 667. The Hall–Kier alpha value is -2.07. The highest BCUT2D eigenvalue weighted by molar-refractivity contribution is 5.49. The van der Waals surface area contributed by atoms with Gasteiger partial charge in [0, 0.05) is 6.04 Å². The predicted molar refractivity (Wildman–Crippen MR) is 93.4 cm³/mol. The first-order valence-corrected chi connectivity index (χ1v) is 8.30. The van der Waals surface area contributed by atoms with Gasteiger partial charge in [0.25, 0.3) is 0 Å². The van der Waals surface area contributed by atoms with Crippen molar-refractivity contribution >= 4 is 0 Å². The number of likely N-dealkylation sites (N-methyl/N-ethyl adjacent to an activating group) is 1. The average molecular weight is 329 g/mol. The zero-order chi connectivity index (χ0) is 17.1. The second-order valence-electron chi connectivity index (χ2n) is 6.37. The van der Waals surface area contributed by atoms with Gasteiger partial charge in [-0.3, -0.25) is 0 Å². The van der Waals surface area contributed by atoms with E-state index in [4.69, 9.17) is 9.47 Å². The first-order valence-electron chi connectivity index (χ1n) is 8.30. The quantitative estimate of drug-likeness (QED) is 0.881. The molecule has 0 aliphatic heterocycles. The molecule has 1 aliphatic carbocycles. The van der Waals surface area contributed by atoms with Gasteiger partial charge in [-0.1, -0.05) is 12.1 Å². The van der Waals surface area contributed by atoms with Gasteiger partial charge in [0.05, 0.1) is 14.2 Å². The van der Waals surface area contributed by atoms with E-state index in [1.807, 2.05) is 19.2 Å². The minimum absolute atomic E-state index is 0.188. The molecule has 3 nitrogen and oxygen atoms in total. The standard InChI is InChI=1S/C20H24FNO2/c1-22-18(8-13-4-6-17(21)7-5-13)16-9-14-11-19(23-2)20(24-3)12-15(14)10-16/h4-7,11-12,16,18,22H,8-10H2,1-3H3. The van der Waals surface area contributed by atoms with Gasteiger partial charge in [-0.25, -0.2) is 4.39 Å². The lowest BCUT2D eigenvalue weighted by Gasteiger charge is -2.23. The number of benzene rings is 2. The molecule has 0 amide bonds.